The van der Waals surface area contributed by atoms with Crippen molar-refractivity contribution in [1.82, 2.24) is 0 Å². The Hall–Kier alpha value is -0.610. The van der Waals surface area contributed by atoms with Gasteiger partial charge in [0, 0.05) is 6.42 Å². The first-order valence-electron chi connectivity index (χ1n) is 5.48. The Balaban J connectivity index is 2.35. The third-order valence-electron chi connectivity index (χ3n) is 2.62. The molecule has 1 heterocycles. The highest BCUT2D eigenvalue weighted by atomic mass is 16.7. The van der Waals surface area contributed by atoms with Crippen LogP contribution in [0, 0.1) is 0 Å². The molecule has 0 aromatic rings. The van der Waals surface area contributed by atoms with Gasteiger partial charge < -0.3 is 14.2 Å². The largest absolute Gasteiger partial charge is 0.466 e. The van der Waals surface area contributed by atoms with E-state index in [9.17, 15) is 4.79 Å². The third-order valence-corrected chi connectivity index (χ3v) is 2.62. The molecule has 0 aromatic heterocycles. The minimum Gasteiger partial charge on any atom is -0.466 e. The first-order chi connectivity index (χ1) is 6.97. The molecule has 0 spiro atoms. The van der Waals surface area contributed by atoms with Gasteiger partial charge in [0.05, 0.1) is 25.2 Å². The zero-order chi connectivity index (χ0) is 11.5. The molecule has 0 bridgehead atoms. The number of rotatable bonds is 4. The lowest BCUT2D eigenvalue weighted by molar-refractivity contribution is -0.171. The maximum Gasteiger partial charge on any atom is 0.305 e. The van der Waals surface area contributed by atoms with Crippen molar-refractivity contribution in [2.75, 3.05) is 6.61 Å². The average Bonchev–Trinajstić information content (AvgIpc) is 2.39. The highest BCUT2D eigenvalue weighted by Gasteiger charge is 2.40. The van der Waals surface area contributed by atoms with Gasteiger partial charge in [-0.1, -0.05) is 0 Å². The zero-order valence-corrected chi connectivity index (χ0v) is 9.91. The molecule has 1 aliphatic heterocycles. The maximum atomic E-state index is 11.2. The minimum atomic E-state index is -0.633. The number of ether oxygens (including phenoxy) is 3. The summed E-state index contributed by atoms with van der Waals surface area (Å²) in [4.78, 5) is 11.2. The predicted molar refractivity (Wildman–Crippen MR) is 55.4 cm³/mol. The van der Waals surface area contributed by atoms with E-state index in [0.717, 1.165) is 0 Å². The van der Waals surface area contributed by atoms with Gasteiger partial charge in [-0.3, -0.25) is 4.79 Å². The second-order valence-electron chi connectivity index (χ2n) is 4.08. The van der Waals surface area contributed by atoms with Crippen molar-refractivity contribution in [3.8, 4) is 0 Å². The average molecular weight is 216 g/mol. The second-order valence-corrected chi connectivity index (χ2v) is 4.08. The van der Waals surface area contributed by atoms with Crippen molar-refractivity contribution >= 4 is 5.97 Å². The van der Waals surface area contributed by atoms with E-state index in [0.29, 0.717) is 19.4 Å². The highest BCUT2D eigenvalue weighted by Crippen LogP contribution is 2.31. The second kappa shape index (κ2) is 4.94. The standard InChI is InChI=1S/C11H20O4/c1-5-13-10(12)6-7-11(4)14-8(2)9(3)15-11/h8-9H,5-7H2,1-4H3/t8-,9+,11?. The van der Waals surface area contributed by atoms with E-state index < -0.39 is 5.79 Å². The molecule has 0 aliphatic carbocycles. The summed E-state index contributed by atoms with van der Waals surface area (Å²) in [7, 11) is 0. The van der Waals surface area contributed by atoms with E-state index in [1.807, 2.05) is 20.8 Å². The van der Waals surface area contributed by atoms with Crippen LogP contribution >= 0.6 is 0 Å². The molecule has 1 rings (SSSR count). The Morgan fingerprint density at radius 1 is 1.33 bits per heavy atom. The molecular formula is C11H20O4. The topological polar surface area (TPSA) is 44.8 Å². The number of hydrogen-bond donors (Lipinski definition) is 0. The van der Waals surface area contributed by atoms with Crippen molar-refractivity contribution in [3.63, 3.8) is 0 Å². The summed E-state index contributed by atoms with van der Waals surface area (Å²) in [6.45, 7) is 8.03. The molecule has 0 N–H and O–H groups in total. The molecule has 0 amide bonds. The van der Waals surface area contributed by atoms with Crippen molar-refractivity contribution in [2.45, 2.75) is 58.5 Å². The summed E-state index contributed by atoms with van der Waals surface area (Å²) in [5.74, 6) is -0.830. The predicted octanol–water partition coefficient (Wildman–Crippen LogP) is 1.87. The quantitative estimate of drug-likeness (QED) is 0.673. The molecule has 1 aliphatic rings. The van der Waals surface area contributed by atoms with Crippen LogP contribution in [0.2, 0.25) is 0 Å². The van der Waals surface area contributed by atoms with Crippen LogP contribution in [0.3, 0.4) is 0 Å². The fraction of sp³-hybridized carbons (Fsp3) is 0.909. The van der Waals surface area contributed by atoms with Gasteiger partial charge in [-0.2, -0.15) is 0 Å². The monoisotopic (exact) mass is 216 g/mol. The van der Waals surface area contributed by atoms with E-state index in [4.69, 9.17) is 14.2 Å². The Morgan fingerprint density at radius 3 is 2.33 bits per heavy atom. The van der Waals surface area contributed by atoms with Crippen molar-refractivity contribution in [3.05, 3.63) is 0 Å². The summed E-state index contributed by atoms with van der Waals surface area (Å²) >= 11 is 0. The summed E-state index contributed by atoms with van der Waals surface area (Å²) in [5, 5.41) is 0. The summed E-state index contributed by atoms with van der Waals surface area (Å²) in [5.41, 5.74) is 0. The Labute approximate surface area is 90.9 Å². The van der Waals surface area contributed by atoms with Crippen LogP contribution < -0.4 is 0 Å². The molecule has 1 unspecified atom stereocenters. The third kappa shape index (κ3) is 3.47. The van der Waals surface area contributed by atoms with Crippen molar-refractivity contribution < 1.29 is 19.0 Å². The van der Waals surface area contributed by atoms with Crippen molar-refractivity contribution in [2.24, 2.45) is 0 Å². The Morgan fingerprint density at radius 2 is 1.87 bits per heavy atom. The fourth-order valence-electron chi connectivity index (χ4n) is 1.69. The molecule has 4 heteroatoms. The van der Waals surface area contributed by atoms with Crippen LogP contribution in [0.1, 0.15) is 40.5 Å². The van der Waals surface area contributed by atoms with Crippen LogP contribution in [-0.2, 0) is 19.0 Å². The van der Waals surface area contributed by atoms with E-state index in [-0.39, 0.29) is 18.2 Å². The molecule has 4 nitrogen and oxygen atoms in total. The summed E-state index contributed by atoms with van der Waals surface area (Å²) < 4.78 is 16.2. The number of esters is 1. The van der Waals surface area contributed by atoms with Crippen LogP contribution in [0.25, 0.3) is 0 Å². The summed E-state index contributed by atoms with van der Waals surface area (Å²) in [6, 6.07) is 0. The van der Waals surface area contributed by atoms with E-state index in [2.05, 4.69) is 0 Å². The van der Waals surface area contributed by atoms with Gasteiger partial charge in [0.15, 0.2) is 5.79 Å². The normalized spacial score (nSPS) is 35.5. The number of carbonyl (C=O) groups excluding carboxylic acids is 1. The van der Waals surface area contributed by atoms with Crippen LogP contribution in [0.15, 0.2) is 0 Å². The minimum absolute atomic E-state index is 0.0807. The molecule has 15 heavy (non-hydrogen) atoms. The van der Waals surface area contributed by atoms with Gasteiger partial charge in [-0.05, 0) is 27.7 Å². The summed E-state index contributed by atoms with van der Waals surface area (Å²) in [6.07, 6.45) is 1.04. The van der Waals surface area contributed by atoms with Crippen LogP contribution in [-0.4, -0.2) is 30.6 Å². The molecule has 0 aromatic carbocycles. The van der Waals surface area contributed by atoms with Gasteiger partial charge in [-0.25, -0.2) is 0 Å². The molecule has 88 valence electrons. The van der Waals surface area contributed by atoms with Crippen LogP contribution in [0.5, 0.6) is 0 Å². The number of hydrogen-bond acceptors (Lipinski definition) is 4. The molecule has 1 fully saturated rings. The molecule has 0 radical (unpaired) electrons. The highest BCUT2D eigenvalue weighted by molar-refractivity contribution is 5.69. The molecule has 3 atom stereocenters. The first-order valence-corrected chi connectivity index (χ1v) is 5.48. The lowest BCUT2D eigenvalue weighted by atomic mass is 10.2. The molecule has 0 saturated carbocycles. The zero-order valence-electron chi connectivity index (χ0n) is 9.91. The van der Waals surface area contributed by atoms with Gasteiger partial charge in [0.2, 0.25) is 0 Å². The van der Waals surface area contributed by atoms with Crippen LogP contribution in [0.4, 0.5) is 0 Å². The van der Waals surface area contributed by atoms with E-state index >= 15 is 0 Å². The molecular weight excluding hydrogens is 196 g/mol. The van der Waals surface area contributed by atoms with E-state index in [1.54, 1.807) is 6.92 Å². The Bertz CT molecular complexity index is 217. The first kappa shape index (κ1) is 12.5. The smallest absolute Gasteiger partial charge is 0.305 e. The van der Waals surface area contributed by atoms with Gasteiger partial charge in [0.1, 0.15) is 0 Å². The molecule has 1 saturated heterocycles. The Kier molecular flexibility index (Phi) is 4.11. The lowest BCUT2D eigenvalue weighted by Gasteiger charge is -2.22. The number of carbonyl (C=O) groups is 1. The fourth-order valence-corrected chi connectivity index (χ4v) is 1.69. The van der Waals surface area contributed by atoms with Gasteiger partial charge in [-0.15, -0.1) is 0 Å². The van der Waals surface area contributed by atoms with E-state index in [1.165, 1.54) is 0 Å². The maximum absolute atomic E-state index is 11.2. The lowest BCUT2D eigenvalue weighted by Crippen LogP contribution is -2.27. The SMILES string of the molecule is CCOC(=O)CCC1(C)O[C@@H](C)[C@@H](C)O1. The van der Waals surface area contributed by atoms with Gasteiger partial charge in [0.25, 0.3) is 0 Å². The van der Waals surface area contributed by atoms with Crippen molar-refractivity contribution in [1.29, 1.82) is 0 Å². The van der Waals surface area contributed by atoms with Gasteiger partial charge >= 0.3 is 5.97 Å².